The number of amidine groups is 1. The summed E-state index contributed by atoms with van der Waals surface area (Å²) in [5.41, 5.74) is 2.88. The highest BCUT2D eigenvalue weighted by Crippen LogP contribution is 2.32. The molecule has 2 heterocycles. The summed E-state index contributed by atoms with van der Waals surface area (Å²) in [5.74, 6) is 0.781. The maximum Gasteiger partial charge on any atom is 0.209 e. The summed E-state index contributed by atoms with van der Waals surface area (Å²) in [7, 11) is 0. The van der Waals surface area contributed by atoms with Crippen LogP contribution in [0, 0.1) is 0 Å². The van der Waals surface area contributed by atoms with Crippen molar-refractivity contribution in [3.8, 4) is 0 Å². The van der Waals surface area contributed by atoms with Gasteiger partial charge in [0.15, 0.2) is 11.6 Å². The summed E-state index contributed by atoms with van der Waals surface area (Å²) in [6.45, 7) is 2.29. The van der Waals surface area contributed by atoms with Gasteiger partial charge in [0.05, 0.1) is 22.4 Å². The second-order valence-corrected chi connectivity index (χ2v) is 8.30. The number of ketones is 1. The van der Waals surface area contributed by atoms with E-state index in [0.29, 0.717) is 12.5 Å². The summed E-state index contributed by atoms with van der Waals surface area (Å²) in [6, 6.07) is 28.1. The average molecular weight is 428 g/mol. The number of thiazole rings is 1. The van der Waals surface area contributed by atoms with E-state index in [0.717, 1.165) is 26.6 Å². The topological polar surface area (TPSA) is 52.0 Å². The highest BCUT2D eigenvalue weighted by Gasteiger charge is 2.31. The van der Waals surface area contributed by atoms with Crippen molar-refractivity contribution >= 4 is 44.0 Å². The molecular formula is C24H21N5OS. The number of fused-ring (bicyclic) bond motifs is 1. The van der Waals surface area contributed by atoms with Gasteiger partial charge in [0, 0.05) is 5.56 Å². The third kappa shape index (κ3) is 3.87. The van der Waals surface area contributed by atoms with Crippen molar-refractivity contribution in [1.82, 2.24) is 9.99 Å². The standard InChI is InChI=1S/C24H21N5OS/c1-18(30)16-28-23(19-10-4-2-5-11-19)26-27(17-29(28)20-12-6-3-7-13-20)24-25-21-14-8-9-15-22(21)31-24/h2-15H,16-17H2,1H3. The number of hydrazone groups is 1. The molecule has 1 aliphatic rings. The summed E-state index contributed by atoms with van der Waals surface area (Å²) in [5, 5.41) is 11.7. The molecule has 0 bridgehead atoms. The summed E-state index contributed by atoms with van der Waals surface area (Å²) < 4.78 is 1.12. The molecule has 1 aliphatic heterocycles. The number of hydrogen-bond donors (Lipinski definition) is 0. The summed E-state index contributed by atoms with van der Waals surface area (Å²) in [4.78, 5) is 17.0. The minimum atomic E-state index is 0.0676. The van der Waals surface area contributed by atoms with Crippen LogP contribution in [0.2, 0.25) is 0 Å². The van der Waals surface area contributed by atoms with Gasteiger partial charge < -0.3 is 0 Å². The number of Topliss-reactive ketones (excluding diaryl/α,β-unsaturated/α-hetero) is 1. The third-order valence-corrected chi connectivity index (χ3v) is 6.03. The smallest absolute Gasteiger partial charge is 0.209 e. The minimum Gasteiger partial charge on any atom is -0.298 e. The second kappa shape index (κ2) is 8.20. The van der Waals surface area contributed by atoms with E-state index in [1.54, 1.807) is 18.3 Å². The van der Waals surface area contributed by atoms with Crippen molar-refractivity contribution in [1.29, 1.82) is 0 Å². The van der Waals surface area contributed by atoms with Gasteiger partial charge in [-0.15, -0.1) is 5.10 Å². The van der Waals surface area contributed by atoms with E-state index in [-0.39, 0.29) is 12.3 Å². The molecule has 0 saturated heterocycles. The van der Waals surface area contributed by atoms with E-state index in [1.807, 2.05) is 88.9 Å². The van der Waals surface area contributed by atoms with Crippen molar-refractivity contribution in [2.75, 3.05) is 23.2 Å². The number of anilines is 2. The highest BCUT2D eigenvalue weighted by molar-refractivity contribution is 7.22. The van der Waals surface area contributed by atoms with Crippen LogP contribution in [-0.4, -0.2) is 34.8 Å². The molecule has 5 rings (SSSR count). The number of hydrazine groups is 1. The first kappa shape index (κ1) is 19.3. The first-order valence-electron chi connectivity index (χ1n) is 10.1. The lowest BCUT2D eigenvalue weighted by molar-refractivity contribution is -0.117. The van der Waals surface area contributed by atoms with Gasteiger partial charge in [-0.25, -0.2) is 9.99 Å². The predicted molar refractivity (Wildman–Crippen MR) is 126 cm³/mol. The molecule has 0 spiro atoms. The van der Waals surface area contributed by atoms with Crippen LogP contribution in [0.3, 0.4) is 0 Å². The van der Waals surface area contributed by atoms with Gasteiger partial charge in [-0.1, -0.05) is 72.0 Å². The molecule has 0 fully saturated rings. The Morgan fingerprint density at radius 3 is 2.32 bits per heavy atom. The quantitative estimate of drug-likeness (QED) is 0.460. The molecule has 1 aromatic heterocycles. The lowest BCUT2D eigenvalue weighted by atomic mass is 10.2. The van der Waals surface area contributed by atoms with Gasteiger partial charge in [-0.2, -0.15) is 0 Å². The molecule has 154 valence electrons. The monoisotopic (exact) mass is 427 g/mol. The normalized spacial score (nSPS) is 14.1. The Morgan fingerprint density at radius 2 is 1.61 bits per heavy atom. The molecule has 0 radical (unpaired) electrons. The third-order valence-electron chi connectivity index (χ3n) is 4.98. The molecule has 0 N–H and O–H groups in total. The van der Waals surface area contributed by atoms with Crippen LogP contribution in [0.1, 0.15) is 12.5 Å². The first-order valence-corrected chi connectivity index (χ1v) is 10.9. The van der Waals surface area contributed by atoms with Gasteiger partial charge >= 0.3 is 0 Å². The van der Waals surface area contributed by atoms with Gasteiger partial charge in [0.2, 0.25) is 5.13 Å². The zero-order chi connectivity index (χ0) is 21.2. The number of carbonyl (C=O) groups excluding carboxylic acids is 1. The Labute approximate surface area is 184 Å². The molecule has 6 nitrogen and oxygen atoms in total. The molecule has 31 heavy (non-hydrogen) atoms. The Kier molecular flexibility index (Phi) is 5.09. The van der Waals surface area contributed by atoms with E-state index in [2.05, 4.69) is 11.1 Å². The minimum absolute atomic E-state index is 0.0676. The first-order chi connectivity index (χ1) is 15.2. The van der Waals surface area contributed by atoms with Crippen LogP contribution in [0.5, 0.6) is 0 Å². The number of nitrogens with zero attached hydrogens (tertiary/aromatic N) is 5. The molecule has 7 heteroatoms. The van der Waals surface area contributed by atoms with Crippen molar-refractivity contribution < 1.29 is 4.79 Å². The van der Waals surface area contributed by atoms with E-state index >= 15 is 0 Å². The molecule has 0 unspecified atom stereocenters. The molecule has 0 atom stereocenters. The Bertz CT molecular complexity index is 1210. The van der Waals surface area contributed by atoms with Crippen LogP contribution < -0.4 is 10.0 Å². The number of rotatable bonds is 5. The predicted octanol–water partition coefficient (Wildman–Crippen LogP) is 4.75. The molecule has 0 amide bonds. The van der Waals surface area contributed by atoms with E-state index in [4.69, 9.17) is 10.1 Å². The number of benzene rings is 3. The Morgan fingerprint density at radius 1 is 0.935 bits per heavy atom. The largest absolute Gasteiger partial charge is 0.298 e. The highest BCUT2D eigenvalue weighted by atomic mass is 32.1. The van der Waals surface area contributed by atoms with Crippen LogP contribution in [0.4, 0.5) is 10.8 Å². The van der Waals surface area contributed by atoms with Crippen molar-refractivity contribution in [2.24, 2.45) is 5.10 Å². The number of aromatic nitrogens is 1. The molecule has 0 aliphatic carbocycles. The molecule has 3 aromatic carbocycles. The molecule has 0 saturated carbocycles. The van der Waals surface area contributed by atoms with E-state index < -0.39 is 0 Å². The van der Waals surface area contributed by atoms with Gasteiger partial charge in [0.25, 0.3) is 0 Å². The summed E-state index contributed by atoms with van der Waals surface area (Å²) in [6.07, 6.45) is 0. The Hall–Kier alpha value is -3.71. The zero-order valence-corrected chi connectivity index (χ0v) is 17.9. The fourth-order valence-electron chi connectivity index (χ4n) is 3.58. The van der Waals surface area contributed by atoms with Gasteiger partial charge in [-0.05, 0) is 31.2 Å². The average Bonchev–Trinajstić information content (AvgIpc) is 3.24. The number of para-hydroxylation sites is 2. The molecular weight excluding hydrogens is 406 g/mol. The maximum atomic E-state index is 12.2. The zero-order valence-electron chi connectivity index (χ0n) is 17.0. The van der Waals surface area contributed by atoms with Crippen LogP contribution in [0.25, 0.3) is 10.2 Å². The summed E-state index contributed by atoms with van der Waals surface area (Å²) >= 11 is 1.61. The number of hydrogen-bond acceptors (Lipinski definition) is 7. The Balaban J connectivity index is 1.65. The van der Waals surface area contributed by atoms with Crippen LogP contribution in [0.15, 0.2) is 90.0 Å². The lowest BCUT2D eigenvalue weighted by Gasteiger charge is -2.43. The molecule has 4 aromatic rings. The second-order valence-electron chi connectivity index (χ2n) is 7.29. The van der Waals surface area contributed by atoms with E-state index in [1.165, 1.54) is 0 Å². The number of carbonyl (C=O) groups is 1. The van der Waals surface area contributed by atoms with Crippen LogP contribution in [-0.2, 0) is 4.79 Å². The van der Waals surface area contributed by atoms with Crippen LogP contribution >= 0.6 is 11.3 Å². The van der Waals surface area contributed by atoms with Gasteiger partial charge in [-0.3, -0.25) is 14.8 Å². The fourth-order valence-corrected chi connectivity index (χ4v) is 4.48. The van der Waals surface area contributed by atoms with Crippen molar-refractivity contribution in [3.05, 3.63) is 90.5 Å². The van der Waals surface area contributed by atoms with Crippen molar-refractivity contribution in [2.45, 2.75) is 6.92 Å². The SMILES string of the molecule is CC(=O)CN1C(c2ccccc2)=NN(c2nc3ccccc3s2)CN1c1ccccc1. The fraction of sp³-hybridized carbons (Fsp3) is 0.125. The lowest BCUT2D eigenvalue weighted by Crippen LogP contribution is -2.57. The van der Waals surface area contributed by atoms with Gasteiger partial charge in [0.1, 0.15) is 6.67 Å². The van der Waals surface area contributed by atoms with Crippen molar-refractivity contribution in [3.63, 3.8) is 0 Å². The maximum absolute atomic E-state index is 12.2. The van der Waals surface area contributed by atoms with E-state index in [9.17, 15) is 4.79 Å².